The first kappa shape index (κ1) is 17.8. The smallest absolute Gasteiger partial charge is 0.105 e. The van der Waals surface area contributed by atoms with Gasteiger partial charge >= 0.3 is 0 Å². The van der Waals surface area contributed by atoms with Crippen LogP contribution >= 0.6 is 0 Å². The van der Waals surface area contributed by atoms with E-state index < -0.39 is 12.2 Å². The maximum atomic E-state index is 10.5. The molecule has 5 nitrogen and oxygen atoms in total. The lowest BCUT2D eigenvalue weighted by atomic mass is 9.62. The van der Waals surface area contributed by atoms with Crippen molar-refractivity contribution in [1.82, 2.24) is 0 Å². The minimum atomic E-state index is -1.10. The molecule has 0 amide bonds. The molecule has 0 saturated carbocycles. The zero-order valence-corrected chi connectivity index (χ0v) is 14.7. The van der Waals surface area contributed by atoms with Crippen molar-refractivity contribution in [3.8, 4) is 0 Å². The summed E-state index contributed by atoms with van der Waals surface area (Å²) in [5, 5.41) is 23.9. The normalized spacial score (nSPS) is 21.0. The predicted molar refractivity (Wildman–Crippen MR) is 91.4 cm³/mol. The van der Waals surface area contributed by atoms with Crippen LogP contribution in [0.5, 0.6) is 0 Å². The van der Waals surface area contributed by atoms with Crippen molar-refractivity contribution in [2.24, 2.45) is 5.11 Å². The number of rotatable bonds is 4. The Labute approximate surface area is 138 Å². The molecule has 2 N–H and O–H groups in total. The third kappa shape index (κ3) is 3.37. The highest BCUT2D eigenvalue weighted by atomic mass is 16.3. The van der Waals surface area contributed by atoms with E-state index in [1.807, 2.05) is 13.0 Å². The third-order valence-corrected chi connectivity index (χ3v) is 5.25. The Hall–Kier alpha value is -1.55. The Morgan fingerprint density at radius 3 is 2.17 bits per heavy atom. The molecule has 1 aliphatic carbocycles. The largest absolute Gasteiger partial charge is 0.390 e. The Kier molecular flexibility index (Phi) is 4.76. The number of aliphatic hydroxyl groups is 2. The molecule has 0 radical (unpaired) electrons. The van der Waals surface area contributed by atoms with Crippen LogP contribution in [0.15, 0.2) is 17.2 Å². The van der Waals surface area contributed by atoms with Crippen LogP contribution in [-0.2, 0) is 10.8 Å². The molecule has 2 unspecified atom stereocenters. The third-order valence-electron chi connectivity index (χ3n) is 5.25. The van der Waals surface area contributed by atoms with Crippen molar-refractivity contribution in [2.45, 2.75) is 70.5 Å². The van der Waals surface area contributed by atoms with E-state index in [4.69, 9.17) is 5.53 Å². The van der Waals surface area contributed by atoms with Crippen LogP contribution in [0, 0.1) is 6.92 Å². The van der Waals surface area contributed by atoms with Gasteiger partial charge in [-0.25, -0.2) is 0 Å². The first-order valence-electron chi connectivity index (χ1n) is 8.12. The molecule has 23 heavy (non-hydrogen) atoms. The molecule has 2 atom stereocenters. The molecular formula is C18H27N3O2. The second-order valence-corrected chi connectivity index (χ2v) is 7.95. The minimum absolute atomic E-state index is 0.0444. The SMILES string of the molecule is Cc1cc2c(cc1C(O)C(O)CN=[N+]=[N-])C(C)(C)CCC2(C)C. The van der Waals surface area contributed by atoms with Gasteiger partial charge in [0.1, 0.15) is 6.10 Å². The number of aliphatic hydroxyl groups excluding tert-OH is 2. The summed E-state index contributed by atoms with van der Waals surface area (Å²) in [6, 6.07) is 4.19. The highest BCUT2D eigenvalue weighted by molar-refractivity contribution is 5.47. The Bertz CT molecular complexity index is 646. The van der Waals surface area contributed by atoms with Crippen LogP contribution in [0.2, 0.25) is 0 Å². The summed E-state index contributed by atoms with van der Waals surface area (Å²) in [6.45, 7) is 10.8. The number of hydrogen-bond donors (Lipinski definition) is 2. The second-order valence-electron chi connectivity index (χ2n) is 7.95. The van der Waals surface area contributed by atoms with Crippen LogP contribution in [0.1, 0.15) is 68.9 Å². The lowest BCUT2D eigenvalue weighted by Crippen LogP contribution is -2.34. The number of benzene rings is 1. The summed E-state index contributed by atoms with van der Waals surface area (Å²) in [6.07, 6.45) is 0.0785. The molecule has 1 aromatic carbocycles. The lowest BCUT2D eigenvalue weighted by Gasteiger charge is -2.42. The van der Waals surface area contributed by atoms with Crippen molar-refractivity contribution in [2.75, 3.05) is 6.54 Å². The molecular weight excluding hydrogens is 290 g/mol. The topological polar surface area (TPSA) is 89.2 Å². The number of hydrogen-bond acceptors (Lipinski definition) is 3. The molecule has 0 saturated heterocycles. The molecule has 1 aliphatic rings. The van der Waals surface area contributed by atoms with Crippen molar-refractivity contribution >= 4 is 0 Å². The van der Waals surface area contributed by atoms with E-state index in [-0.39, 0.29) is 17.4 Å². The molecule has 0 fully saturated rings. The van der Waals surface area contributed by atoms with Crippen molar-refractivity contribution in [3.63, 3.8) is 0 Å². The van der Waals surface area contributed by atoms with Crippen LogP contribution in [0.25, 0.3) is 10.4 Å². The van der Waals surface area contributed by atoms with Crippen LogP contribution < -0.4 is 0 Å². The fourth-order valence-electron chi connectivity index (χ4n) is 3.48. The molecule has 0 heterocycles. The second kappa shape index (κ2) is 6.16. The fraction of sp³-hybridized carbons (Fsp3) is 0.667. The van der Waals surface area contributed by atoms with E-state index in [0.29, 0.717) is 0 Å². The van der Waals surface area contributed by atoms with Crippen LogP contribution in [-0.4, -0.2) is 22.9 Å². The monoisotopic (exact) mass is 317 g/mol. The van der Waals surface area contributed by atoms with Gasteiger partial charge in [-0.05, 0) is 58.4 Å². The van der Waals surface area contributed by atoms with Gasteiger partial charge in [-0.2, -0.15) is 0 Å². The lowest BCUT2D eigenvalue weighted by molar-refractivity contribution is 0.0239. The van der Waals surface area contributed by atoms with Crippen LogP contribution in [0.4, 0.5) is 0 Å². The highest BCUT2D eigenvalue weighted by Crippen LogP contribution is 2.47. The van der Waals surface area contributed by atoms with E-state index in [1.54, 1.807) is 0 Å². The Morgan fingerprint density at radius 1 is 1.13 bits per heavy atom. The molecule has 126 valence electrons. The first-order valence-corrected chi connectivity index (χ1v) is 8.12. The van der Waals surface area contributed by atoms with Gasteiger partial charge in [-0.1, -0.05) is 44.9 Å². The molecule has 5 heteroatoms. The number of fused-ring (bicyclic) bond motifs is 1. The average Bonchev–Trinajstić information content (AvgIpc) is 2.48. The summed E-state index contributed by atoms with van der Waals surface area (Å²) in [5.41, 5.74) is 12.8. The molecule has 1 aromatic rings. The minimum Gasteiger partial charge on any atom is -0.390 e. The van der Waals surface area contributed by atoms with E-state index in [9.17, 15) is 10.2 Å². The zero-order chi connectivity index (χ0) is 17.4. The van der Waals surface area contributed by atoms with Crippen molar-refractivity contribution < 1.29 is 10.2 Å². The number of azide groups is 1. The molecule has 0 bridgehead atoms. The van der Waals surface area contributed by atoms with E-state index in [1.165, 1.54) is 11.1 Å². The molecule has 0 aromatic heterocycles. The van der Waals surface area contributed by atoms with Gasteiger partial charge in [0.15, 0.2) is 0 Å². The quantitative estimate of drug-likeness (QED) is 0.498. The maximum absolute atomic E-state index is 10.5. The summed E-state index contributed by atoms with van der Waals surface area (Å²) in [7, 11) is 0. The molecule has 2 rings (SSSR count). The van der Waals surface area contributed by atoms with Gasteiger partial charge in [-0.3, -0.25) is 0 Å². The van der Waals surface area contributed by atoms with E-state index in [2.05, 4.69) is 43.8 Å². The maximum Gasteiger partial charge on any atom is 0.105 e. The standard InChI is InChI=1S/C18H27N3O2/c1-11-8-13-14(18(4,5)7-6-17(13,2)3)9-12(11)16(23)15(22)10-20-21-19/h8-9,15-16,22-23H,6-7,10H2,1-5H3. The van der Waals surface area contributed by atoms with Crippen LogP contribution in [0.3, 0.4) is 0 Å². The van der Waals surface area contributed by atoms with Gasteiger partial charge in [0.05, 0.1) is 12.6 Å². The van der Waals surface area contributed by atoms with E-state index >= 15 is 0 Å². The van der Waals surface area contributed by atoms with Gasteiger partial charge in [0.2, 0.25) is 0 Å². The average molecular weight is 317 g/mol. The summed E-state index contributed by atoms with van der Waals surface area (Å²) >= 11 is 0. The van der Waals surface area contributed by atoms with Gasteiger partial charge < -0.3 is 10.2 Å². The zero-order valence-electron chi connectivity index (χ0n) is 14.7. The number of aryl methyl sites for hydroxylation is 1. The van der Waals surface area contributed by atoms with Gasteiger partial charge in [0, 0.05) is 4.91 Å². The molecule has 0 spiro atoms. The Balaban J connectivity index is 2.50. The summed E-state index contributed by atoms with van der Waals surface area (Å²) in [4.78, 5) is 2.64. The highest BCUT2D eigenvalue weighted by Gasteiger charge is 2.38. The number of nitrogens with zero attached hydrogens (tertiary/aromatic N) is 3. The Morgan fingerprint density at radius 2 is 1.65 bits per heavy atom. The van der Waals surface area contributed by atoms with Gasteiger partial charge in [0.25, 0.3) is 0 Å². The summed E-state index contributed by atoms with van der Waals surface area (Å²) < 4.78 is 0. The van der Waals surface area contributed by atoms with Gasteiger partial charge in [-0.15, -0.1) is 0 Å². The summed E-state index contributed by atoms with van der Waals surface area (Å²) in [5.74, 6) is 0. The fourth-order valence-corrected chi connectivity index (χ4v) is 3.48. The van der Waals surface area contributed by atoms with Crippen molar-refractivity contribution in [1.29, 1.82) is 0 Å². The van der Waals surface area contributed by atoms with Crippen molar-refractivity contribution in [3.05, 3.63) is 44.8 Å². The first-order chi connectivity index (χ1) is 10.6. The molecule has 0 aliphatic heterocycles. The van der Waals surface area contributed by atoms with E-state index in [0.717, 1.165) is 24.0 Å². The predicted octanol–water partition coefficient (Wildman–Crippen LogP) is 4.05.